The summed E-state index contributed by atoms with van der Waals surface area (Å²) in [5.74, 6) is -1.69. The van der Waals surface area contributed by atoms with Crippen LogP contribution in [0.2, 0.25) is 0 Å². The molecular formula is C5H6O3. The number of carboxylic acid groups (broad SMARTS) is 1. The van der Waals surface area contributed by atoms with Crippen molar-refractivity contribution < 1.29 is 14.7 Å². The van der Waals surface area contributed by atoms with E-state index in [1.807, 2.05) is 0 Å². The molecule has 0 saturated carbocycles. The van der Waals surface area contributed by atoms with Gasteiger partial charge in [-0.05, 0) is 0 Å². The highest BCUT2D eigenvalue weighted by atomic mass is 16.4. The molecule has 0 heterocycles. The maximum absolute atomic E-state index is 9.73. The van der Waals surface area contributed by atoms with Gasteiger partial charge in [0.2, 0.25) is 6.29 Å². The normalized spacial score (nSPS) is 12.6. The van der Waals surface area contributed by atoms with Gasteiger partial charge in [0.1, 0.15) is 0 Å². The van der Waals surface area contributed by atoms with E-state index in [2.05, 4.69) is 0 Å². The van der Waals surface area contributed by atoms with Crippen LogP contribution in [-0.2, 0) is 9.59 Å². The Morgan fingerprint density at radius 1 is 1.88 bits per heavy atom. The molecule has 3 nitrogen and oxygen atoms in total. The first kappa shape index (κ1) is 7.14. The highest BCUT2D eigenvalue weighted by Gasteiger charge is 2.05. The largest absolute Gasteiger partial charge is 0.481 e. The van der Waals surface area contributed by atoms with E-state index in [0.29, 0.717) is 0 Å². The fraction of sp³-hybridized carbons (Fsp3) is 0.400. The minimum absolute atomic E-state index is 0.604. The van der Waals surface area contributed by atoms with Gasteiger partial charge in [-0.15, -0.1) is 0 Å². The molecule has 2 radical (unpaired) electrons. The van der Waals surface area contributed by atoms with E-state index >= 15 is 0 Å². The molecular weight excluding hydrogens is 108 g/mol. The van der Waals surface area contributed by atoms with Crippen LogP contribution >= 0.6 is 0 Å². The molecule has 3 heteroatoms. The lowest BCUT2D eigenvalue weighted by Gasteiger charge is -1.91. The Bertz CT molecular complexity index is 97.8. The first-order valence-electron chi connectivity index (χ1n) is 2.12. The zero-order valence-electron chi connectivity index (χ0n) is 4.42. The fourth-order valence-corrected chi connectivity index (χ4v) is 0.248. The monoisotopic (exact) mass is 114 g/mol. The Balaban J connectivity index is 3.38. The van der Waals surface area contributed by atoms with Crippen LogP contribution in [0.15, 0.2) is 0 Å². The van der Waals surface area contributed by atoms with Crippen molar-refractivity contribution in [2.75, 3.05) is 0 Å². The number of aliphatic carboxylic acids is 1. The summed E-state index contributed by atoms with van der Waals surface area (Å²) in [5, 5.41) is 7.98. The predicted molar refractivity (Wildman–Crippen MR) is 26.8 cm³/mol. The molecule has 1 N–H and O–H groups in total. The van der Waals surface area contributed by atoms with E-state index in [1.54, 1.807) is 0 Å². The van der Waals surface area contributed by atoms with Crippen molar-refractivity contribution in [1.82, 2.24) is 0 Å². The number of hydrogen-bond acceptors (Lipinski definition) is 2. The molecule has 0 aromatic heterocycles. The summed E-state index contributed by atoms with van der Waals surface area (Å²) in [4.78, 5) is 19.4. The van der Waals surface area contributed by atoms with Gasteiger partial charge in [0.15, 0.2) is 0 Å². The van der Waals surface area contributed by atoms with Crippen LogP contribution in [0.5, 0.6) is 0 Å². The molecule has 0 fully saturated rings. The quantitative estimate of drug-likeness (QED) is 0.562. The van der Waals surface area contributed by atoms with Gasteiger partial charge in [-0.3, -0.25) is 9.59 Å². The minimum Gasteiger partial charge on any atom is -0.481 e. The van der Waals surface area contributed by atoms with E-state index in [-0.39, 0.29) is 0 Å². The lowest BCUT2D eigenvalue weighted by molar-refractivity contribution is -0.133. The summed E-state index contributed by atoms with van der Waals surface area (Å²) in [5.41, 5.74) is 0. The van der Waals surface area contributed by atoms with Gasteiger partial charge >= 0.3 is 5.97 Å². The topological polar surface area (TPSA) is 54.4 Å². The molecule has 8 heavy (non-hydrogen) atoms. The second-order valence-corrected chi connectivity index (χ2v) is 1.41. The smallest absolute Gasteiger partial charge is 0.308 e. The van der Waals surface area contributed by atoms with Crippen LogP contribution in [0, 0.1) is 12.3 Å². The minimum atomic E-state index is -1.08. The summed E-state index contributed by atoms with van der Waals surface area (Å²) in [6.07, 6.45) is 2.39. The highest BCUT2D eigenvalue weighted by molar-refractivity contribution is 5.81. The lowest BCUT2D eigenvalue weighted by atomic mass is 10.1. The first-order chi connectivity index (χ1) is 3.66. The van der Waals surface area contributed by atoms with Crippen molar-refractivity contribution in [1.29, 1.82) is 0 Å². The van der Waals surface area contributed by atoms with Crippen molar-refractivity contribution in [3.8, 4) is 0 Å². The molecule has 1 atom stereocenters. The van der Waals surface area contributed by atoms with Crippen LogP contribution in [-0.4, -0.2) is 17.4 Å². The fourth-order valence-electron chi connectivity index (χ4n) is 0.248. The lowest BCUT2D eigenvalue weighted by Crippen LogP contribution is -2.05. The van der Waals surface area contributed by atoms with Crippen molar-refractivity contribution in [3.05, 3.63) is 6.42 Å². The SMILES string of the molecule is CC([C]=O)[CH]C(=O)O. The standard InChI is InChI=1S/C5H6O3/c1-4(3-6)2-5(7)8/h2,4H,1H3,(H,7,8). The van der Waals surface area contributed by atoms with Gasteiger partial charge in [0.25, 0.3) is 0 Å². The van der Waals surface area contributed by atoms with Crippen molar-refractivity contribution in [2.45, 2.75) is 6.92 Å². The van der Waals surface area contributed by atoms with Crippen LogP contribution < -0.4 is 0 Å². The van der Waals surface area contributed by atoms with Crippen LogP contribution in [0.3, 0.4) is 0 Å². The number of carbonyl (C=O) groups is 1. The Kier molecular flexibility index (Phi) is 2.84. The van der Waals surface area contributed by atoms with Gasteiger partial charge in [-0.25, -0.2) is 0 Å². The number of rotatable bonds is 3. The summed E-state index contributed by atoms with van der Waals surface area (Å²) >= 11 is 0. The summed E-state index contributed by atoms with van der Waals surface area (Å²) in [7, 11) is 0. The van der Waals surface area contributed by atoms with Gasteiger partial charge in [0, 0.05) is 5.92 Å². The molecule has 1 unspecified atom stereocenters. The molecule has 0 spiro atoms. The predicted octanol–water partition coefficient (Wildman–Crippen LogP) is 0.0211. The maximum Gasteiger partial charge on any atom is 0.308 e. The number of carboxylic acids is 1. The molecule has 0 aromatic carbocycles. The third kappa shape index (κ3) is 3.33. The molecule has 0 aliphatic heterocycles. The van der Waals surface area contributed by atoms with Gasteiger partial charge in [-0.1, -0.05) is 6.92 Å². The Labute approximate surface area is 47.3 Å². The van der Waals surface area contributed by atoms with Crippen LogP contribution in [0.25, 0.3) is 0 Å². The summed E-state index contributed by atoms with van der Waals surface area (Å²) in [6.45, 7) is 1.46. The zero-order chi connectivity index (χ0) is 6.57. The van der Waals surface area contributed by atoms with E-state index in [4.69, 9.17) is 5.11 Å². The van der Waals surface area contributed by atoms with E-state index in [0.717, 1.165) is 6.42 Å². The maximum atomic E-state index is 9.73. The molecule has 0 amide bonds. The Hall–Kier alpha value is -0.860. The van der Waals surface area contributed by atoms with Gasteiger partial charge in [0.05, 0.1) is 6.42 Å². The number of hydrogen-bond donors (Lipinski definition) is 1. The van der Waals surface area contributed by atoms with Gasteiger partial charge < -0.3 is 5.11 Å². The third-order valence-corrected chi connectivity index (χ3v) is 0.578. The molecule has 0 aliphatic rings. The zero-order valence-corrected chi connectivity index (χ0v) is 4.42. The number of carbonyl (C=O) groups excluding carboxylic acids is 1. The van der Waals surface area contributed by atoms with Crippen molar-refractivity contribution >= 4 is 12.3 Å². The van der Waals surface area contributed by atoms with E-state index in [1.165, 1.54) is 13.2 Å². The molecule has 0 rings (SSSR count). The Morgan fingerprint density at radius 3 is 2.50 bits per heavy atom. The van der Waals surface area contributed by atoms with Crippen LogP contribution in [0.1, 0.15) is 6.92 Å². The van der Waals surface area contributed by atoms with E-state index < -0.39 is 11.9 Å². The molecule has 44 valence electrons. The first-order valence-corrected chi connectivity index (χ1v) is 2.12. The molecule has 0 saturated heterocycles. The second-order valence-electron chi connectivity index (χ2n) is 1.41. The van der Waals surface area contributed by atoms with Crippen LogP contribution in [0.4, 0.5) is 0 Å². The van der Waals surface area contributed by atoms with Crippen molar-refractivity contribution in [3.63, 3.8) is 0 Å². The van der Waals surface area contributed by atoms with Crippen molar-refractivity contribution in [2.24, 2.45) is 5.92 Å². The highest BCUT2D eigenvalue weighted by Crippen LogP contribution is 1.93. The second kappa shape index (κ2) is 3.18. The molecule has 0 aliphatic carbocycles. The summed E-state index contributed by atoms with van der Waals surface area (Å²) in [6, 6.07) is 0. The third-order valence-electron chi connectivity index (χ3n) is 0.578. The summed E-state index contributed by atoms with van der Waals surface area (Å²) < 4.78 is 0. The molecule has 0 bridgehead atoms. The Morgan fingerprint density at radius 2 is 2.38 bits per heavy atom. The average Bonchev–Trinajstić information content (AvgIpc) is 1.65. The van der Waals surface area contributed by atoms with Gasteiger partial charge in [-0.2, -0.15) is 0 Å². The van der Waals surface area contributed by atoms with E-state index in [9.17, 15) is 9.59 Å². The average molecular weight is 114 g/mol. The molecule has 0 aromatic rings.